The molecule has 0 saturated carbocycles. The molecule has 2 rings (SSSR count). The van der Waals surface area contributed by atoms with Crippen molar-refractivity contribution in [3.63, 3.8) is 0 Å². The van der Waals surface area contributed by atoms with E-state index in [2.05, 4.69) is 10.3 Å². The summed E-state index contributed by atoms with van der Waals surface area (Å²) < 4.78 is 0. The molecule has 0 spiro atoms. The first-order valence-corrected chi connectivity index (χ1v) is 6.28. The second kappa shape index (κ2) is 5.67. The van der Waals surface area contributed by atoms with Gasteiger partial charge in [-0.3, -0.25) is 4.98 Å². The number of hydrogen-bond donors (Lipinski definition) is 2. The fourth-order valence-corrected chi connectivity index (χ4v) is 1.98. The largest absolute Gasteiger partial charge is 0.388 e. The molecule has 4 nitrogen and oxygen atoms in total. The lowest BCUT2D eigenvalue weighted by Crippen LogP contribution is -2.15. The second-order valence-corrected chi connectivity index (χ2v) is 4.74. The van der Waals surface area contributed by atoms with Gasteiger partial charge < -0.3 is 16.0 Å². The van der Waals surface area contributed by atoms with E-state index in [1.807, 2.05) is 55.4 Å². The Bertz CT molecular complexity index is 596. The van der Waals surface area contributed by atoms with Crippen molar-refractivity contribution >= 4 is 34.3 Å². The van der Waals surface area contributed by atoms with Crippen LogP contribution in [0, 0.1) is 0 Å². The Morgan fingerprint density at radius 3 is 2.53 bits per heavy atom. The fraction of sp³-hybridized carbons (Fsp3) is 0.143. The minimum Gasteiger partial charge on any atom is -0.388 e. The molecule has 0 aliphatic carbocycles. The van der Waals surface area contributed by atoms with Crippen molar-refractivity contribution < 1.29 is 0 Å². The summed E-state index contributed by atoms with van der Waals surface area (Å²) in [5.41, 5.74) is 9.16. The number of nitrogens with zero attached hydrogens (tertiary/aromatic N) is 2. The predicted molar refractivity (Wildman–Crippen MR) is 84.2 cm³/mol. The Kier molecular flexibility index (Phi) is 3.97. The smallest absolute Gasteiger partial charge is 0.124 e. The van der Waals surface area contributed by atoms with Crippen LogP contribution < -0.4 is 16.0 Å². The molecule has 0 aliphatic rings. The van der Waals surface area contributed by atoms with Crippen LogP contribution in [0.1, 0.15) is 5.69 Å². The Hall–Kier alpha value is -2.14. The van der Waals surface area contributed by atoms with E-state index in [4.69, 9.17) is 18.0 Å². The molecule has 3 N–H and O–H groups in total. The number of hydrogen-bond acceptors (Lipinski definition) is 4. The molecule has 0 unspecified atom stereocenters. The van der Waals surface area contributed by atoms with Gasteiger partial charge >= 0.3 is 0 Å². The highest BCUT2D eigenvalue weighted by molar-refractivity contribution is 7.80. The molecular formula is C14H16N4S. The van der Waals surface area contributed by atoms with E-state index < -0.39 is 0 Å². The number of aromatic nitrogens is 1. The lowest BCUT2D eigenvalue weighted by atomic mass is 10.2. The molecule has 1 aromatic heterocycles. The van der Waals surface area contributed by atoms with E-state index in [0.717, 1.165) is 17.1 Å². The summed E-state index contributed by atoms with van der Waals surface area (Å²) in [6.07, 6.45) is 1.68. The standard InChI is InChI=1S/C14H16N4S/c1-18(2)12-8-4-3-6-10(12)17-11-7-5-9-16-13(11)14(15)19/h3-9,17H,1-2H3,(H2,15,19). The molecule has 0 amide bonds. The molecule has 0 atom stereocenters. The molecule has 0 fully saturated rings. The topological polar surface area (TPSA) is 54.2 Å². The monoisotopic (exact) mass is 272 g/mol. The first-order valence-electron chi connectivity index (χ1n) is 5.88. The third-order valence-corrected chi connectivity index (χ3v) is 2.89. The first kappa shape index (κ1) is 13.3. The van der Waals surface area contributed by atoms with Gasteiger partial charge in [0.2, 0.25) is 0 Å². The van der Waals surface area contributed by atoms with Gasteiger partial charge in [0, 0.05) is 20.3 Å². The van der Waals surface area contributed by atoms with Crippen LogP contribution in [0.3, 0.4) is 0 Å². The van der Waals surface area contributed by atoms with Crippen molar-refractivity contribution in [2.45, 2.75) is 0 Å². The molecule has 98 valence electrons. The fourth-order valence-electron chi connectivity index (χ4n) is 1.82. The molecule has 1 heterocycles. The average Bonchev–Trinajstić information content (AvgIpc) is 2.39. The highest BCUT2D eigenvalue weighted by atomic mass is 32.1. The van der Waals surface area contributed by atoms with Gasteiger partial charge in [0.25, 0.3) is 0 Å². The quantitative estimate of drug-likeness (QED) is 0.838. The van der Waals surface area contributed by atoms with Crippen molar-refractivity contribution in [1.82, 2.24) is 4.98 Å². The number of nitrogens with one attached hydrogen (secondary N) is 1. The van der Waals surface area contributed by atoms with Gasteiger partial charge in [-0.15, -0.1) is 0 Å². The normalized spacial score (nSPS) is 10.0. The molecule has 19 heavy (non-hydrogen) atoms. The van der Waals surface area contributed by atoms with Gasteiger partial charge in [-0.1, -0.05) is 24.4 Å². The lowest BCUT2D eigenvalue weighted by molar-refractivity contribution is 1.13. The minimum absolute atomic E-state index is 0.283. The Balaban J connectivity index is 2.39. The molecule has 0 aliphatic heterocycles. The third kappa shape index (κ3) is 3.00. The number of thiocarbonyl (C=S) groups is 1. The van der Waals surface area contributed by atoms with Crippen molar-refractivity contribution in [3.8, 4) is 0 Å². The van der Waals surface area contributed by atoms with Crippen molar-refractivity contribution in [1.29, 1.82) is 0 Å². The molecule has 0 bridgehead atoms. The van der Waals surface area contributed by atoms with Crippen LogP contribution in [0.4, 0.5) is 17.1 Å². The molecule has 0 radical (unpaired) electrons. The summed E-state index contributed by atoms with van der Waals surface area (Å²) in [5.74, 6) is 0. The van der Waals surface area contributed by atoms with Gasteiger partial charge in [-0.25, -0.2) is 0 Å². The van der Waals surface area contributed by atoms with Crippen LogP contribution in [-0.4, -0.2) is 24.1 Å². The van der Waals surface area contributed by atoms with Crippen LogP contribution in [0.15, 0.2) is 42.6 Å². The van der Waals surface area contributed by atoms with Crippen LogP contribution in [0.2, 0.25) is 0 Å². The number of rotatable bonds is 4. The highest BCUT2D eigenvalue weighted by Gasteiger charge is 2.09. The highest BCUT2D eigenvalue weighted by Crippen LogP contribution is 2.28. The second-order valence-electron chi connectivity index (χ2n) is 4.30. The molecule has 5 heteroatoms. The lowest BCUT2D eigenvalue weighted by Gasteiger charge is -2.19. The van der Waals surface area contributed by atoms with Crippen molar-refractivity contribution in [3.05, 3.63) is 48.3 Å². The number of pyridine rings is 1. The third-order valence-electron chi connectivity index (χ3n) is 2.70. The molecule has 0 saturated heterocycles. The van der Waals surface area contributed by atoms with Crippen LogP contribution >= 0.6 is 12.2 Å². The maximum Gasteiger partial charge on any atom is 0.124 e. The van der Waals surface area contributed by atoms with E-state index >= 15 is 0 Å². The number of benzene rings is 1. The molecule has 2 aromatic rings. The van der Waals surface area contributed by atoms with Crippen molar-refractivity contribution in [2.75, 3.05) is 24.3 Å². The Morgan fingerprint density at radius 2 is 1.84 bits per heavy atom. The van der Waals surface area contributed by atoms with Gasteiger partial charge in [0.1, 0.15) is 10.7 Å². The zero-order chi connectivity index (χ0) is 13.8. The summed E-state index contributed by atoms with van der Waals surface area (Å²) >= 11 is 5.02. The van der Waals surface area contributed by atoms with Gasteiger partial charge in [0.05, 0.1) is 17.1 Å². The minimum atomic E-state index is 0.283. The van der Waals surface area contributed by atoms with E-state index in [0.29, 0.717) is 5.69 Å². The zero-order valence-corrected chi connectivity index (χ0v) is 11.7. The van der Waals surface area contributed by atoms with E-state index in [1.165, 1.54) is 0 Å². The van der Waals surface area contributed by atoms with Gasteiger partial charge in [-0.05, 0) is 24.3 Å². The van der Waals surface area contributed by atoms with E-state index in [9.17, 15) is 0 Å². The Morgan fingerprint density at radius 1 is 1.16 bits per heavy atom. The SMILES string of the molecule is CN(C)c1ccccc1Nc1cccnc1C(N)=S. The molecular weight excluding hydrogens is 256 g/mol. The molecule has 1 aromatic carbocycles. The van der Waals surface area contributed by atoms with Gasteiger partial charge in [0.15, 0.2) is 0 Å². The summed E-state index contributed by atoms with van der Waals surface area (Å²) in [4.78, 5) is 6.53. The summed E-state index contributed by atoms with van der Waals surface area (Å²) in [5, 5.41) is 3.33. The maximum absolute atomic E-state index is 5.68. The van der Waals surface area contributed by atoms with Gasteiger partial charge in [-0.2, -0.15) is 0 Å². The number of anilines is 3. The zero-order valence-electron chi connectivity index (χ0n) is 10.9. The predicted octanol–water partition coefficient (Wildman–Crippen LogP) is 2.53. The number of para-hydroxylation sites is 2. The average molecular weight is 272 g/mol. The summed E-state index contributed by atoms with van der Waals surface area (Å²) in [6.45, 7) is 0. The Labute approximate surface area is 118 Å². The van der Waals surface area contributed by atoms with Crippen molar-refractivity contribution in [2.24, 2.45) is 5.73 Å². The summed E-state index contributed by atoms with van der Waals surface area (Å²) in [6, 6.07) is 11.8. The maximum atomic E-state index is 5.68. The van der Waals surface area contributed by atoms with E-state index in [-0.39, 0.29) is 4.99 Å². The van der Waals surface area contributed by atoms with Crippen LogP contribution in [0.25, 0.3) is 0 Å². The summed E-state index contributed by atoms with van der Waals surface area (Å²) in [7, 11) is 4.00. The van der Waals surface area contributed by atoms with E-state index in [1.54, 1.807) is 6.20 Å². The van der Waals surface area contributed by atoms with Crippen LogP contribution in [0.5, 0.6) is 0 Å². The van der Waals surface area contributed by atoms with Crippen LogP contribution in [-0.2, 0) is 0 Å². The first-order chi connectivity index (χ1) is 9.09. The number of nitrogens with two attached hydrogens (primary N) is 1.